The van der Waals surface area contributed by atoms with Gasteiger partial charge in [-0.1, -0.05) is 11.6 Å². The Bertz CT molecular complexity index is 540. The molecule has 5 nitrogen and oxygen atoms in total. The van der Waals surface area contributed by atoms with Gasteiger partial charge in [0.1, 0.15) is 8.85 Å². The number of nitrogens with zero attached hydrogens (tertiary/aromatic N) is 2. The Hall–Kier alpha value is -0.890. The van der Waals surface area contributed by atoms with Crippen molar-refractivity contribution in [2.45, 2.75) is 0 Å². The van der Waals surface area contributed by atoms with Crippen LogP contribution in [0.4, 0.5) is 0 Å². The molecule has 0 fully saturated rings. The van der Waals surface area contributed by atoms with Gasteiger partial charge in [0.05, 0.1) is 18.1 Å². The van der Waals surface area contributed by atoms with Gasteiger partial charge in [-0.25, -0.2) is 9.78 Å². The molecular formula is C8H5ClIN3O2. The lowest BCUT2D eigenvalue weighted by Crippen LogP contribution is -2.03. The third-order valence-corrected chi connectivity index (χ3v) is 2.83. The van der Waals surface area contributed by atoms with Gasteiger partial charge in [0, 0.05) is 0 Å². The summed E-state index contributed by atoms with van der Waals surface area (Å²) >= 11 is 7.79. The summed E-state index contributed by atoms with van der Waals surface area (Å²) in [5, 5.41) is 7.50. The number of hydrogen-bond acceptors (Lipinski definition) is 4. The van der Waals surface area contributed by atoms with E-state index in [1.807, 2.05) is 22.6 Å². The summed E-state index contributed by atoms with van der Waals surface area (Å²) in [5.74, 6) is -0.455. The maximum Gasteiger partial charge on any atom is 0.338 e. The summed E-state index contributed by atoms with van der Waals surface area (Å²) in [7, 11) is 1.31. The second-order valence-corrected chi connectivity index (χ2v) is 4.19. The molecule has 0 amide bonds. The van der Waals surface area contributed by atoms with Crippen LogP contribution >= 0.6 is 34.2 Å². The van der Waals surface area contributed by atoms with Gasteiger partial charge in [0.25, 0.3) is 0 Å². The number of carbonyl (C=O) groups excluding carboxylic acids is 1. The molecule has 0 unspecified atom stereocenters. The molecular weight excluding hydrogens is 332 g/mol. The molecule has 15 heavy (non-hydrogen) atoms. The zero-order valence-corrected chi connectivity index (χ0v) is 10.5. The number of pyridine rings is 1. The number of nitrogens with one attached hydrogen (secondary N) is 1. The highest BCUT2D eigenvalue weighted by molar-refractivity contribution is 14.1. The minimum Gasteiger partial charge on any atom is -0.465 e. The van der Waals surface area contributed by atoms with Crippen molar-refractivity contribution in [3.8, 4) is 0 Å². The van der Waals surface area contributed by atoms with Gasteiger partial charge in [-0.15, -0.1) is 0 Å². The number of esters is 1. The van der Waals surface area contributed by atoms with Gasteiger partial charge >= 0.3 is 5.97 Å². The average molecular weight is 338 g/mol. The topological polar surface area (TPSA) is 67.9 Å². The molecule has 0 saturated heterocycles. The summed E-state index contributed by atoms with van der Waals surface area (Å²) in [6.07, 6.45) is 0. The molecule has 0 aliphatic rings. The van der Waals surface area contributed by atoms with Crippen molar-refractivity contribution < 1.29 is 9.53 Å². The fourth-order valence-corrected chi connectivity index (χ4v) is 2.07. The van der Waals surface area contributed by atoms with Crippen molar-refractivity contribution in [3.63, 3.8) is 0 Å². The van der Waals surface area contributed by atoms with Crippen molar-refractivity contribution in [2.24, 2.45) is 0 Å². The number of hydrogen-bond donors (Lipinski definition) is 1. The van der Waals surface area contributed by atoms with E-state index in [0.717, 1.165) is 3.70 Å². The van der Waals surface area contributed by atoms with Crippen molar-refractivity contribution in [1.82, 2.24) is 15.2 Å². The maximum atomic E-state index is 11.5. The molecule has 0 bridgehead atoms. The quantitative estimate of drug-likeness (QED) is 0.491. The van der Waals surface area contributed by atoms with Gasteiger partial charge in [0.15, 0.2) is 5.65 Å². The highest BCUT2D eigenvalue weighted by Crippen LogP contribution is 2.24. The molecule has 7 heteroatoms. The molecule has 2 heterocycles. The van der Waals surface area contributed by atoms with Crippen LogP contribution in [0.3, 0.4) is 0 Å². The highest BCUT2D eigenvalue weighted by atomic mass is 127. The summed E-state index contributed by atoms with van der Waals surface area (Å²) in [6.45, 7) is 0. The fourth-order valence-electron chi connectivity index (χ4n) is 1.23. The van der Waals surface area contributed by atoms with E-state index >= 15 is 0 Å². The van der Waals surface area contributed by atoms with Crippen molar-refractivity contribution >= 4 is 51.2 Å². The zero-order chi connectivity index (χ0) is 11.0. The van der Waals surface area contributed by atoms with E-state index in [4.69, 9.17) is 11.6 Å². The van der Waals surface area contributed by atoms with E-state index in [1.54, 1.807) is 0 Å². The second kappa shape index (κ2) is 3.93. The monoisotopic (exact) mass is 337 g/mol. The van der Waals surface area contributed by atoms with Gasteiger partial charge in [0.2, 0.25) is 0 Å². The Labute approximate surface area is 103 Å². The number of carbonyl (C=O) groups is 1. The predicted octanol–water partition coefficient (Wildman–Crippen LogP) is 2.00. The number of ether oxygens (including phenoxy) is 1. The van der Waals surface area contributed by atoms with E-state index in [9.17, 15) is 4.79 Å². The van der Waals surface area contributed by atoms with Gasteiger partial charge in [-0.2, -0.15) is 5.10 Å². The normalized spacial score (nSPS) is 10.6. The Balaban J connectivity index is 2.80. The molecule has 0 spiro atoms. The molecule has 0 atom stereocenters. The lowest BCUT2D eigenvalue weighted by molar-refractivity contribution is 0.0603. The summed E-state index contributed by atoms with van der Waals surface area (Å²) < 4.78 is 5.38. The Morgan fingerprint density at radius 3 is 3.07 bits per heavy atom. The Morgan fingerprint density at radius 1 is 1.67 bits per heavy atom. The van der Waals surface area contributed by atoms with Crippen molar-refractivity contribution in [1.29, 1.82) is 0 Å². The molecule has 1 N–H and O–H groups in total. The van der Waals surface area contributed by atoms with Gasteiger partial charge < -0.3 is 4.74 Å². The first-order valence-corrected chi connectivity index (χ1v) is 5.37. The summed E-state index contributed by atoms with van der Waals surface area (Å²) in [6, 6.07) is 1.47. The van der Waals surface area contributed by atoms with Crippen LogP contribution in [0.5, 0.6) is 0 Å². The van der Waals surface area contributed by atoms with Crippen LogP contribution in [0, 0.1) is 3.70 Å². The van der Waals surface area contributed by atoms with Crippen LogP contribution in [-0.2, 0) is 4.74 Å². The third-order valence-electron chi connectivity index (χ3n) is 1.85. The average Bonchev–Trinajstić information content (AvgIpc) is 2.58. The van der Waals surface area contributed by atoms with Crippen molar-refractivity contribution in [2.75, 3.05) is 7.11 Å². The minimum atomic E-state index is -0.455. The highest BCUT2D eigenvalue weighted by Gasteiger charge is 2.17. The SMILES string of the molecule is COC(=O)c1cc(Cl)nc2n[nH]c(I)c12. The summed E-state index contributed by atoms with van der Waals surface area (Å²) in [5.41, 5.74) is 0.776. The Morgan fingerprint density at radius 2 is 2.40 bits per heavy atom. The minimum absolute atomic E-state index is 0.214. The van der Waals surface area contributed by atoms with Crippen molar-refractivity contribution in [3.05, 3.63) is 20.5 Å². The molecule has 0 aliphatic carbocycles. The smallest absolute Gasteiger partial charge is 0.338 e. The van der Waals surface area contributed by atoms with E-state index in [0.29, 0.717) is 16.6 Å². The van der Waals surface area contributed by atoms with Crippen LogP contribution in [0.25, 0.3) is 11.0 Å². The van der Waals surface area contributed by atoms with Crippen LogP contribution in [0.15, 0.2) is 6.07 Å². The largest absolute Gasteiger partial charge is 0.465 e. The zero-order valence-electron chi connectivity index (χ0n) is 7.54. The molecule has 2 rings (SSSR count). The second-order valence-electron chi connectivity index (χ2n) is 2.72. The number of fused-ring (bicyclic) bond motifs is 1. The van der Waals surface area contributed by atoms with E-state index in [2.05, 4.69) is 19.9 Å². The predicted molar refractivity (Wildman–Crippen MR) is 63.0 cm³/mol. The van der Waals surface area contributed by atoms with Crippen LogP contribution in [0.2, 0.25) is 5.15 Å². The number of aromatic amines is 1. The van der Waals surface area contributed by atoms with E-state index in [-0.39, 0.29) is 5.15 Å². The first kappa shape index (κ1) is 10.6. The maximum absolute atomic E-state index is 11.5. The lowest BCUT2D eigenvalue weighted by atomic mass is 10.2. The van der Waals surface area contributed by atoms with Gasteiger partial charge in [-0.05, 0) is 28.7 Å². The first-order valence-electron chi connectivity index (χ1n) is 3.92. The molecule has 78 valence electrons. The summed E-state index contributed by atoms with van der Waals surface area (Å²) in [4.78, 5) is 15.5. The van der Waals surface area contributed by atoms with E-state index in [1.165, 1.54) is 13.2 Å². The molecule has 0 saturated carbocycles. The molecule has 2 aromatic heterocycles. The number of rotatable bonds is 1. The lowest BCUT2D eigenvalue weighted by Gasteiger charge is -2.01. The number of H-pyrrole nitrogens is 1. The van der Waals surface area contributed by atoms with Crippen LogP contribution in [-0.4, -0.2) is 28.3 Å². The first-order chi connectivity index (χ1) is 7.13. The molecule has 0 radical (unpaired) electrons. The van der Waals surface area contributed by atoms with E-state index < -0.39 is 5.97 Å². The number of aromatic nitrogens is 3. The molecule has 0 aliphatic heterocycles. The molecule has 2 aromatic rings. The Kier molecular flexibility index (Phi) is 2.79. The molecule has 0 aromatic carbocycles. The number of halogens is 2. The van der Waals surface area contributed by atoms with Crippen LogP contribution < -0.4 is 0 Å². The standard InChI is InChI=1S/C8H5ClIN3O2/c1-15-8(14)3-2-4(9)11-7-5(3)6(10)12-13-7/h2H,1H3,(H,11,12,13). The van der Waals surface area contributed by atoms with Gasteiger partial charge in [-0.3, -0.25) is 5.10 Å². The van der Waals surface area contributed by atoms with Crippen LogP contribution in [0.1, 0.15) is 10.4 Å². The third kappa shape index (κ3) is 1.78. The number of methoxy groups -OCH3 is 1. The fraction of sp³-hybridized carbons (Fsp3) is 0.125.